The Labute approximate surface area is 156 Å². The summed E-state index contributed by atoms with van der Waals surface area (Å²) in [6, 6.07) is 0.132. The second-order valence-electron chi connectivity index (χ2n) is 6.96. The van der Waals surface area contributed by atoms with Crippen LogP contribution in [0.25, 0.3) is 11.0 Å². The first-order chi connectivity index (χ1) is 12.6. The molecule has 0 radical (unpaired) electrons. The van der Waals surface area contributed by atoms with Crippen molar-refractivity contribution in [3.8, 4) is 0 Å². The minimum Gasteiger partial charge on any atom is -0.347 e. The van der Waals surface area contributed by atoms with Crippen LogP contribution >= 0.6 is 11.8 Å². The van der Waals surface area contributed by atoms with Gasteiger partial charge in [-0.1, -0.05) is 12.8 Å². The van der Waals surface area contributed by atoms with Crippen molar-refractivity contribution >= 4 is 34.5 Å². The Morgan fingerprint density at radius 3 is 3.08 bits per heavy atom. The van der Waals surface area contributed by atoms with E-state index < -0.39 is 0 Å². The second kappa shape index (κ2) is 7.28. The lowest BCUT2D eigenvalue weighted by Crippen LogP contribution is -2.49. The van der Waals surface area contributed by atoms with Gasteiger partial charge >= 0.3 is 0 Å². The number of H-pyrrole nitrogens is 1. The van der Waals surface area contributed by atoms with Crippen molar-refractivity contribution < 1.29 is 4.79 Å². The number of hydrogen-bond acceptors (Lipinski definition) is 6. The number of rotatable bonds is 3. The number of aryl methyl sites for hydroxylation is 1. The molecule has 0 saturated heterocycles. The van der Waals surface area contributed by atoms with Gasteiger partial charge in [0.2, 0.25) is 0 Å². The molecule has 26 heavy (non-hydrogen) atoms. The molecular formula is C18H24N6OS. The first kappa shape index (κ1) is 17.4. The highest BCUT2D eigenvalue weighted by molar-refractivity contribution is 8.04. The maximum Gasteiger partial charge on any atom is 0.259 e. The van der Waals surface area contributed by atoms with Crippen LogP contribution in [0, 0.1) is 6.92 Å². The van der Waals surface area contributed by atoms with Gasteiger partial charge in [-0.25, -0.2) is 9.97 Å². The van der Waals surface area contributed by atoms with Crippen LogP contribution in [-0.2, 0) is 4.79 Å². The lowest BCUT2D eigenvalue weighted by Gasteiger charge is -2.31. The summed E-state index contributed by atoms with van der Waals surface area (Å²) in [6.07, 6.45) is 9.62. The van der Waals surface area contributed by atoms with Gasteiger partial charge in [0.05, 0.1) is 10.3 Å². The predicted octanol–water partition coefficient (Wildman–Crippen LogP) is 2.05. The van der Waals surface area contributed by atoms with Crippen LogP contribution in [0.2, 0.25) is 0 Å². The van der Waals surface area contributed by atoms with Gasteiger partial charge in [-0.3, -0.25) is 4.79 Å². The summed E-state index contributed by atoms with van der Waals surface area (Å²) >= 11 is 1.59. The average molecular weight is 372 g/mol. The first-order valence-electron chi connectivity index (χ1n) is 9.10. The van der Waals surface area contributed by atoms with Crippen molar-refractivity contribution in [2.75, 3.05) is 17.2 Å². The Balaban J connectivity index is 1.57. The van der Waals surface area contributed by atoms with E-state index in [0.717, 1.165) is 60.4 Å². The summed E-state index contributed by atoms with van der Waals surface area (Å²) in [4.78, 5) is 27.4. The Morgan fingerprint density at radius 2 is 2.23 bits per heavy atom. The zero-order chi connectivity index (χ0) is 18.1. The van der Waals surface area contributed by atoms with Crippen LogP contribution < -0.4 is 16.0 Å². The van der Waals surface area contributed by atoms with Gasteiger partial charge in [0, 0.05) is 36.8 Å². The SMILES string of the molecule is Cc1c[nH]c2ncnc(N3C=C(C(=O)N[C@@H]4CCCC[C@H]4N)SCC3)c12. The van der Waals surface area contributed by atoms with Gasteiger partial charge in [0.1, 0.15) is 17.8 Å². The molecular weight excluding hydrogens is 348 g/mol. The number of carbonyl (C=O) groups excluding carboxylic acids is 1. The topological polar surface area (TPSA) is 99.9 Å². The predicted molar refractivity (Wildman–Crippen MR) is 105 cm³/mol. The van der Waals surface area contributed by atoms with Crippen molar-refractivity contribution in [1.82, 2.24) is 20.3 Å². The number of hydrogen-bond donors (Lipinski definition) is 3. The molecule has 0 aromatic carbocycles. The van der Waals surface area contributed by atoms with E-state index in [2.05, 4.69) is 25.2 Å². The highest BCUT2D eigenvalue weighted by Crippen LogP contribution is 2.31. The fourth-order valence-corrected chi connectivity index (χ4v) is 4.58. The van der Waals surface area contributed by atoms with Gasteiger partial charge in [-0.15, -0.1) is 11.8 Å². The maximum absolute atomic E-state index is 12.7. The molecule has 4 N–H and O–H groups in total. The summed E-state index contributed by atoms with van der Waals surface area (Å²) in [5.41, 5.74) is 8.09. The minimum atomic E-state index is -0.0295. The molecule has 1 fully saturated rings. The largest absolute Gasteiger partial charge is 0.347 e. The molecule has 2 atom stereocenters. The number of aromatic amines is 1. The van der Waals surface area contributed by atoms with Crippen molar-refractivity contribution in [1.29, 1.82) is 0 Å². The molecule has 2 aliphatic rings. The van der Waals surface area contributed by atoms with Crippen LogP contribution in [-0.4, -0.2) is 45.2 Å². The average Bonchev–Trinajstić information content (AvgIpc) is 3.05. The number of nitrogens with one attached hydrogen (secondary N) is 2. The molecule has 0 spiro atoms. The smallest absolute Gasteiger partial charge is 0.259 e. The Hall–Kier alpha value is -2.06. The van der Waals surface area contributed by atoms with Gasteiger partial charge < -0.3 is 20.9 Å². The first-order valence-corrected chi connectivity index (χ1v) is 10.1. The van der Waals surface area contributed by atoms with Gasteiger partial charge in [0.25, 0.3) is 5.91 Å². The zero-order valence-electron chi connectivity index (χ0n) is 14.9. The molecule has 0 unspecified atom stereocenters. The molecule has 3 heterocycles. The molecule has 8 heteroatoms. The number of aromatic nitrogens is 3. The molecule has 7 nitrogen and oxygen atoms in total. The molecule has 4 rings (SSSR count). The second-order valence-corrected chi connectivity index (χ2v) is 8.09. The van der Waals surface area contributed by atoms with Crippen molar-refractivity contribution in [2.45, 2.75) is 44.7 Å². The van der Waals surface area contributed by atoms with E-state index in [1.807, 2.05) is 19.3 Å². The Morgan fingerprint density at radius 1 is 1.38 bits per heavy atom. The van der Waals surface area contributed by atoms with E-state index >= 15 is 0 Å². The molecule has 138 valence electrons. The molecule has 1 amide bonds. The summed E-state index contributed by atoms with van der Waals surface area (Å²) in [6.45, 7) is 2.84. The van der Waals surface area contributed by atoms with E-state index in [9.17, 15) is 4.79 Å². The normalized spacial score (nSPS) is 23.8. The number of anilines is 1. The summed E-state index contributed by atoms with van der Waals surface area (Å²) in [7, 11) is 0. The monoisotopic (exact) mass is 372 g/mol. The lowest BCUT2D eigenvalue weighted by atomic mass is 9.91. The Kier molecular flexibility index (Phi) is 4.86. The molecule has 2 aromatic heterocycles. The van der Waals surface area contributed by atoms with Crippen LogP contribution in [0.4, 0.5) is 5.82 Å². The van der Waals surface area contributed by atoms with Gasteiger partial charge in [-0.05, 0) is 25.3 Å². The van der Waals surface area contributed by atoms with Crippen LogP contribution in [0.15, 0.2) is 23.6 Å². The zero-order valence-corrected chi connectivity index (χ0v) is 15.7. The lowest BCUT2D eigenvalue weighted by molar-refractivity contribution is -0.117. The minimum absolute atomic E-state index is 0.0295. The highest BCUT2D eigenvalue weighted by atomic mass is 32.2. The van der Waals surface area contributed by atoms with Gasteiger partial charge in [-0.2, -0.15) is 0 Å². The molecule has 1 aliphatic carbocycles. The van der Waals surface area contributed by atoms with Crippen molar-refractivity contribution in [2.24, 2.45) is 5.73 Å². The Bertz CT molecular complexity index is 847. The number of fused-ring (bicyclic) bond motifs is 1. The highest BCUT2D eigenvalue weighted by Gasteiger charge is 2.26. The number of nitrogens with zero attached hydrogens (tertiary/aromatic N) is 3. The van der Waals surface area contributed by atoms with Crippen molar-refractivity contribution in [3.05, 3.63) is 29.2 Å². The summed E-state index contributed by atoms with van der Waals surface area (Å²) in [5, 5.41) is 4.14. The third-order valence-electron chi connectivity index (χ3n) is 5.14. The summed E-state index contributed by atoms with van der Waals surface area (Å²) < 4.78 is 0. The molecule has 0 bridgehead atoms. The standard InChI is InChI=1S/C18H24N6OS/c1-11-8-20-16-15(11)17(22-10-21-16)24-6-7-26-14(9-24)18(25)23-13-5-3-2-4-12(13)19/h8-10,12-13H,2-7,19H2,1H3,(H,23,25)(H,20,21,22)/t12-,13-/m1/s1. The maximum atomic E-state index is 12.7. The third-order valence-corrected chi connectivity index (χ3v) is 6.13. The number of carbonyl (C=O) groups is 1. The van der Waals surface area contributed by atoms with Crippen LogP contribution in [0.3, 0.4) is 0 Å². The molecule has 1 saturated carbocycles. The van der Waals surface area contributed by atoms with Crippen LogP contribution in [0.1, 0.15) is 31.2 Å². The van der Waals surface area contributed by atoms with E-state index in [1.165, 1.54) is 0 Å². The molecule has 2 aromatic rings. The quantitative estimate of drug-likeness (QED) is 0.762. The van der Waals surface area contributed by atoms with Gasteiger partial charge in [0.15, 0.2) is 0 Å². The molecule has 1 aliphatic heterocycles. The van der Waals surface area contributed by atoms with Crippen molar-refractivity contribution in [3.63, 3.8) is 0 Å². The van der Waals surface area contributed by atoms with E-state index in [4.69, 9.17) is 5.73 Å². The van der Waals surface area contributed by atoms with Crippen LogP contribution in [0.5, 0.6) is 0 Å². The fraction of sp³-hybridized carbons (Fsp3) is 0.500. The third kappa shape index (κ3) is 3.31. The fourth-order valence-electron chi connectivity index (χ4n) is 3.68. The van der Waals surface area contributed by atoms with E-state index in [-0.39, 0.29) is 18.0 Å². The van der Waals surface area contributed by atoms with E-state index in [1.54, 1.807) is 18.1 Å². The number of nitrogens with two attached hydrogens (primary N) is 1. The number of thioether (sulfide) groups is 1. The number of amides is 1. The summed E-state index contributed by atoms with van der Waals surface area (Å²) in [5.74, 6) is 1.65. The van der Waals surface area contributed by atoms with E-state index in [0.29, 0.717) is 4.91 Å².